The number of pyridine rings is 1. The highest BCUT2D eigenvalue weighted by Crippen LogP contribution is 2.44. The summed E-state index contributed by atoms with van der Waals surface area (Å²) in [5, 5.41) is 22.3. The van der Waals surface area contributed by atoms with Gasteiger partial charge >= 0.3 is 0 Å². The van der Waals surface area contributed by atoms with Crippen molar-refractivity contribution in [2.24, 2.45) is 5.41 Å². The Labute approximate surface area is 176 Å². The number of benzene rings is 1. The molecule has 1 aliphatic rings. The van der Waals surface area contributed by atoms with Crippen LogP contribution in [0.4, 0.5) is 0 Å². The van der Waals surface area contributed by atoms with E-state index in [0.717, 1.165) is 46.5 Å². The average Bonchev–Trinajstić information content (AvgIpc) is 2.58. The number of aromatic nitrogens is 1. The van der Waals surface area contributed by atoms with Crippen LogP contribution in [0, 0.1) is 12.3 Å². The maximum atomic E-state index is 11.4. The lowest BCUT2D eigenvalue weighted by Crippen LogP contribution is -2.29. The molecule has 158 valence electrons. The Morgan fingerprint density at radius 2 is 1.69 bits per heavy atom. The van der Waals surface area contributed by atoms with Crippen LogP contribution in [0.2, 0.25) is 0 Å². The summed E-state index contributed by atoms with van der Waals surface area (Å²) < 4.78 is 0. The Kier molecular flexibility index (Phi) is 5.70. The number of aliphatic hydroxyl groups is 2. The van der Waals surface area contributed by atoms with E-state index in [0.29, 0.717) is 0 Å². The van der Waals surface area contributed by atoms with Crippen molar-refractivity contribution in [3.05, 3.63) is 63.5 Å². The first kappa shape index (κ1) is 22.0. The molecule has 2 N–H and O–H groups in total. The van der Waals surface area contributed by atoms with Gasteiger partial charge < -0.3 is 10.2 Å². The SMILES string of the molecule is Cc1c2c(nc(C(C)C)c1[C@@H](O)c1ccc(C(C)(C)C)cc1)CC(C)(C)CC2O. The number of hydrogen-bond donors (Lipinski definition) is 2. The predicted octanol–water partition coefficient (Wildman–Crippen LogP) is 5.90. The molecule has 1 aliphatic carbocycles. The van der Waals surface area contributed by atoms with E-state index in [-0.39, 0.29) is 16.7 Å². The first-order chi connectivity index (χ1) is 13.3. The number of rotatable bonds is 3. The Bertz CT molecular complexity index is 888. The van der Waals surface area contributed by atoms with Crippen LogP contribution in [0.3, 0.4) is 0 Å². The largest absolute Gasteiger partial charge is 0.388 e. The van der Waals surface area contributed by atoms with Gasteiger partial charge in [0.05, 0.1) is 6.10 Å². The van der Waals surface area contributed by atoms with Gasteiger partial charge in [-0.05, 0) is 53.2 Å². The van der Waals surface area contributed by atoms with E-state index in [9.17, 15) is 10.2 Å². The normalized spacial score (nSPS) is 19.9. The van der Waals surface area contributed by atoms with Crippen molar-refractivity contribution in [2.45, 2.75) is 91.8 Å². The molecule has 2 aromatic rings. The lowest BCUT2D eigenvalue weighted by molar-refractivity contribution is 0.0968. The molecule has 0 fully saturated rings. The first-order valence-corrected chi connectivity index (χ1v) is 10.8. The summed E-state index contributed by atoms with van der Waals surface area (Å²) in [6, 6.07) is 8.25. The van der Waals surface area contributed by atoms with E-state index in [1.54, 1.807) is 0 Å². The molecule has 0 radical (unpaired) electrons. The Morgan fingerprint density at radius 1 is 1.10 bits per heavy atom. The van der Waals surface area contributed by atoms with E-state index >= 15 is 0 Å². The van der Waals surface area contributed by atoms with E-state index < -0.39 is 12.2 Å². The lowest BCUT2D eigenvalue weighted by Gasteiger charge is -2.36. The summed E-state index contributed by atoms with van der Waals surface area (Å²) in [6.45, 7) is 17.2. The zero-order valence-electron chi connectivity index (χ0n) is 19.3. The topological polar surface area (TPSA) is 53.4 Å². The minimum atomic E-state index is -0.749. The van der Waals surface area contributed by atoms with Gasteiger partial charge in [-0.1, -0.05) is 72.7 Å². The molecule has 1 aromatic heterocycles. The van der Waals surface area contributed by atoms with Crippen molar-refractivity contribution in [1.82, 2.24) is 4.98 Å². The van der Waals surface area contributed by atoms with Gasteiger partial charge in [-0.15, -0.1) is 0 Å². The summed E-state index contributed by atoms with van der Waals surface area (Å²) >= 11 is 0. The van der Waals surface area contributed by atoms with Crippen LogP contribution >= 0.6 is 0 Å². The van der Waals surface area contributed by atoms with Crippen LogP contribution < -0.4 is 0 Å². The van der Waals surface area contributed by atoms with Gasteiger partial charge in [-0.25, -0.2) is 0 Å². The van der Waals surface area contributed by atoms with Gasteiger partial charge in [0, 0.05) is 22.5 Å². The third-order valence-corrected chi connectivity index (χ3v) is 6.29. The summed E-state index contributed by atoms with van der Waals surface area (Å²) in [5.74, 6) is 0.194. The Morgan fingerprint density at radius 3 is 2.21 bits per heavy atom. The van der Waals surface area contributed by atoms with Crippen molar-refractivity contribution < 1.29 is 10.2 Å². The summed E-state index contributed by atoms with van der Waals surface area (Å²) in [6.07, 6.45) is 0.300. The van der Waals surface area contributed by atoms with Crippen molar-refractivity contribution in [3.8, 4) is 0 Å². The van der Waals surface area contributed by atoms with Crippen LogP contribution in [-0.4, -0.2) is 15.2 Å². The van der Waals surface area contributed by atoms with Crippen LogP contribution in [0.5, 0.6) is 0 Å². The summed E-state index contributed by atoms with van der Waals surface area (Å²) in [7, 11) is 0. The van der Waals surface area contributed by atoms with Crippen LogP contribution in [-0.2, 0) is 11.8 Å². The molecule has 0 saturated heterocycles. The third kappa shape index (κ3) is 4.27. The van der Waals surface area contributed by atoms with E-state index in [4.69, 9.17) is 4.98 Å². The Hall–Kier alpha value is -1.71. The molecule has 1 heterocycles. The minimum Gasteiger partial charge on any atom is -0.388 e. The van der Waals surface area contributed by atoms with Crippen LogP contribution in [0.1, 0.15) is 112 Å². The molecule has 2 atom stereocenters. The molecular formula is C26H37NO2. The standard InChI is InChI=1S/C26H37NO2/c1-15(2)23-22(24(29)17-9-11-18(12-10-17)25(4,5)6)16(3)21-19(27-23)13-26(7,8)14-20(21)28/h9-12,15,20,24,28-29H,13-14H2,1-8H3/t20?,24-/m0/s1. The Balaban J connectivity index is 2.12. The second kappa shape index (κ2) is 7.52. The van der Waals surface area contributed by atoms with Crippen molar-refractivity contribution in [1.29, 1.82) is 0 Å². The molecule has 0 spiro atoms. The zero-order valence-corrected chi connectivity index (χ0v) is 19.3. The van der Waals surface area contributed by atoms with Gasteiger partial charge in [-0.2, -0.15) is 0 Å². The fourth-order valence-corrected chi connectivity index (χ4v) is 4.66. The van der Waals surface area contributed by atoms with Gasteiger partial charge in [-0.3, -0.25) is 4.98 Å². The molecule has 1 unspecified atom stereocenters. The molecule has 0 bridgehead atoms. The molecular weight excluding hydrogens is 358 g/mol. The summed E-state index contributed by atoms with van der Waals surface area (Å²) in [5.41, 5.74) is 6.94. The number of nitrogens with zero attached hydrogens (tertiary/aromatic N) is 1. The van der Waals surface area contributed by atoms with Gasteiger partial charge in [0.1, 0.15) is 6.10 Å². The average molecular weight is 396 g/mol. The smallest absolute Gasteiger partial charge is 0.106 e. The molecule has 29 heavy (non-hydrogen) atoms. The van der Waals surface area contributed by atoms with E-state index in [1.165, 1.54) is 5.56 Å². The fraction of sp³-hybridized carbons (Fsp3) is 0.577. The van der Waals surface area contributed by atoms with Crippen LogP contribution in [0.15, 0.2) is 24.3 Å². The number of fused-ring (bicyclic) bond motifs is 1. The van der Waals surface area contributed by atoms with Crippen molar-refractivity contribution >= 4 is 0 Å². The van der Waals surface area contributed by atoms with Gasteiger partial charge in [0.15, 0.2) is 0 Å². The maximum absolute atomic E-state index is 11.4. The number of hydrogen-bond acceptors (Lipinski definition) is 3. The second-order valence-corrected chi connectivity index (χ2v) is 10.9. The molecule has 3 nitrogen and oxygen atoms in total. The molecule has 3 rings (SSSR count). The second-order valence-electron chi connectivity index (χ2n) is 10.9. The highest BCUT2D eigenvalue weighted by atomic mass is 16.3. The molecule has 0 amide bonds. The summed E-state index contributed by atoms with van der Waals surface area (Å²) in [4.78, 5) is 5.00. The van der Waals surface area contributed by atoms with Crippen molar-refractivity contribution in [3.63, 3.8) is 0 Å². The highest BCUT2D eigenvalue weighted by molar-refractivity contribution is 5.48. The maximum Gasteiger partial charge on any atom is 0.106 e. The minimum absolute atomic E-state index is 0.0308. The fourth-order valence-electron chi connectivity index (χ4n) is 4.66. The third-order valence-electron chi connectivity index (χ3n) is 6.29. The van der Waals surface area contributed by atoms with E-state index in [2.05, 4.69) is 60.6 Å². The van der Waals surface area contributed by atoms with Gasteiger partial charge in [0.25, 0.3) is 0 Å². The van der Waals surface area contributed by atoms with Crippen molar-refractivity contribution in [2.75, 3.05) is 0 Å². The molecule has 3 heteroatoms. The quantitative estimate of drug-likeness (QED) is 0.680. The van der Waals surface area contributed by atoms with E-state index in [1.807, 2.05) is 19.1 Å². The molecule has 0 saturated carbocycles. The molecule has 0 aliphatic heterocycles. The highest BCUT2D eigenvalue weighted by Gasteiger charge is 2.36. The number of aliphatic hydroxyl groups excluding tert-OH is 2. The monoisotopic (exact) mass is 395 g/mol. The van der Waals surface area contributed by atoms with Crippen LogP contribution in [0.25, 0.3) is 0 Å². The first-order valence-electron chi connectivity index (χ1n) is 10.8. The zero-order chi connectivity index (χ0) is 21.7. The molecule has 1 aromatic carbocycles. The lowest BCUT2D eigenvalue weighted by atomic mass is 9.72. The predicted molar refractivity (Wildman–Crippen MR) is 119 cm³/mol. The van der Waals surface area contributed by atoms with Gasteiger partial charge in [0.2, 0.25) is 0 Å².